The summed E-state index contributed by atoms with van der Waals surface area (Å²) in [5, 5.41) is 11.6. The molecule has 0 unspecified atom stereocenters. The van der Waals surface area contributed by atoms with Gasteiger partial charge < -0.3 is 10.4 Å². The van der Waals surface area contributed by atoms with Gasteiger partial charge in [-0.15, -0.1) is 0 Å². The van der Waals surface area contributed by atoms with E-state index in [2.05, 4.69) is 5.32 Å². The van der Waals surface area contributed by atoms with Crippen LogP contribution in [0.3, 0.4) is 0 Å². The van der Waals surface area contributed by atoms with Crippen molar-refractivity contribution in [2.24, 2.45) is 0 Å². The van der Waals surface area contributed by atoms with Crippen LogP contribution in [0.1, 0.15) is 27.2 Å². The Hall–Kier alpha value is -0.220. The van der Waals surface area contributed by atoms with E-state index >= 15 is 0 Å². The lowest BCUT2D eigenvalue weighted by atomic mass is 10.1. The first-order chi connectivity index (χ1) is 5.35. The molecule has 0 fully saturated rings. The largest absolute Gasteiger partial charge is 0.395 e. The molecule has 1 atom stereocenters. The van der Waals surface area contributed by atoms with E-state index in [4.69, 9.17) is 5.11 Å². The average Bonchev–Trinajstić information content (AvgIpc) is 1.82. The lowest BCUT2D eigenvalue weighted by Gasteiger charge is -2.27. The Morgan fingerprint density at radius 1 is 1.33 bits per heavy atom. The zero-order chi connectivity index (χ0) is 9.78. The number of hydrogen-bond acceptors (Lipinski definition) is 2. The maximum absolute atomic E-state index is 11.9. The highest BCUT2D eigenvalue weighted by Crippen LogP contribution is 2.08. The van der Waals surface area contributed by atoms with Gasteiger partial charge in [-0.1, -0.05) is 0 Å². The number of nitrogens with one attached hydrogen (secondary N) is 1. The molecule has 0 amide bonds. The van der Waals surface area contributed by atoms with E-state index in [1.165, 1.54) is 0 Å². The van der Waals surface area contributed by atoms with Gasteiger partial charge in [-0.3, -0.25) is 0 Å². The van der Waals surface area contributed by atoms with Crippen molar-refractivity contribution in [1.29, 1.82) is 0 Å². The molecule has 0 aliphatic rings. The molecule has 0 spiro atoms. The predicted molar refractivity (Wildman–Crippen MR) is 44.4 cm³/mol. The molecule has 4 heteroatoms. The van der Waals surface area contributed by atoms with Crippen molar-refractivity contribution in [2.75, 3.05) is 6.61 Å². The van der Waals surface area contributed by atoms with Crippen molar-refractivity contribution in [1.82, 2.24) is 5.32 Å². The maximum atomic E-state index is 11.9. The quantitative estimate of drug-likeness (QED) is 0.687. The predicted octanol–water partition coefficient (Wildman–Crippen LogP) is 1.39. The average molecular weight is 181 g/mol. The Kier molecular flexibility index (Phi) is 4.63. The molecular weight excluding hydrogens is 164 g/mol. The standard InChI is InChI=1S/C8H17F2NO/c1-8(2,3)11-6(5-12)4-7(9)10/h6-7,11-12H,4-5H2,1-3H3/t6-/m1/s1. The lowest BCUT2D eigenvalue weighted by Crippen LogP contribution is -2.46. The SMILES string of the molecule is CC(C)(C)N[C@@H](CO)CC(F)F. The van der Waals surface area contributed by atoms with E-state index < -0.39 is 12.5 Å². The van der Waals surface area contributed by atoms with Crippen LogP contribution in [0.4, 0.5) is 8.78 Å². The molecule has 0 radical (unpaired) electrons. The van der Waals surface area contributed by atoms with Gasteiger partial charge in [-0.25, -0.2) is 8.78 Å². The minimum atomic E-state index is -2.36. The third-order valence-electron chi connectivity index (χ3n) is 1.32. The third-order valence-corrected chi connectivity index (χ3v) is 1.32. The van der Waals surface area contributed by atoms with Crippen LogP contribution in [-0.4, -0.2) is 29.7 Å². The smallest absolute Gasteiger partial charge is 0.240 e. The topological polar surface area (TPSA) is 32.3 Å². The summed E-state index contributed by atoms with van der Waals surface area (Å²) in [6, 6.07) is -0.509. The van der Waals surface area contributed by atoms with Crippen molar-refractivity contribution < 1.29 is 13.9 Å². The minimum absolute atomic E-state index is 0.234. The van der Waals surface area contributed by atoms with Crippen LogP contribution in [0, 0.1) is 0 Å². The van der Waals surface area contributed by atoms with Gasteiger partial charge in [0, 0.05) is 18.0 Å². The highest BCUT2D eigenvalue weighted by molar-refractivity contribution is 4.77. The molecule has 0 aromatic rings. The number of aliphatic hydroxyl groups excluding tert-OH is 1. The summed E-state index contributed by atoms with van der Waals surface area (Å²) in [7, 11) is 0. The molecule has 12 heavy (non-hydrogen) atoms. The first-order valence-electron chi connectivity index (χ1n) is 4.02. The summed E-state index contributed by atoms with van der Waals surface area (Å²) in [4.78, 5) is 0. The van der Waals surface area contributed by atoms with E-state index in [0.29, 0.717) is 0 Å². The second-order valence-corrected chi connectivity index (χ2v) is 3.90. The monoisotopic (exact) mass is 181 g/mol. The van der Waals surface area contributed by atoms with Crippen molar-refractivity contribution in [2.45, 2.75) is 45.2 Å². The van der Waals surface area contributed by atoms with Crippen LogP contribution in [0.2, 0.25) is 0 Å². The van der Waals surface area contributed by atoms with Crippen LogP contribution in [-0.2, 0) is 0 Å². The normalized spacial score (nSPS) is 15.2. The summed E-state index contributed by atoms with van der Waals surface area (Å²) in [6.07, 6.45) is -2.66. The van der Waals surface area contributed by atoms with Gasteiger partial charge in [0.15, 0.2) is 0 Å². The molecule has 0 aliphatic carbocycles. The molecule has 0 aromatic carbocycles. The molecule has 0 rings (SSSR count). The van der Waals surface area contributed by atoms with Gasteiger partial charge in [0.25, 0.3) is 0 Å². The summed E-state index contributed by atoms with van der Waals surface area (Å²) in [6.45, 7) is 5.38. The fraction of sp³-hybridized carbons (Fsp3) is 1.00. The molecule has 2 N–H and O–H groups in total. The van der Waals surface area contributed by atoms with Gasteiger partial charge in [0.05, 0.1) is 6.61 Å². The van der Waals surface area contributed by atoms with Crippen molar-refractivity contribution >= 4 is 0 Å². The van der Waals surface area contributed by atoms with Gasteiger partial charge >= 0.3 is 0 Å². The van der Waals surface area contributed by atoms with Crippen LogP contribution in [0.5, 0.6) is 0 Å². The van der Waals surface area contributed by atoms with E-state index in [9.17, 15) is 8.78 Å². The summed E-state index contributed by atoms with van der Waals surface area (Å²) in [5.41, 5.74) is -0.234. The van der Waals surface area contributed by atoms with Crippen LogP contribution < -0.4 is 5.32 Å². The van der Waals surface area contributed by atoms with Crippen LogP contribution in [0.25, 0.3) is 0 Å². The van der Waals surface area contributed by atoms with Gasteiger partial charge in [-0.05, 0) is 20.8 Å². The first kappa shape index (κ1) is 11.8. The van der Waals surface area contributed by atoms with Crippen molar-refractivity contribution in [3.63, 3.8) is 0 Å². The Morgan fingerprint density at radius 3 is 2.08 bits per heavy atom. The molecule has 0 saturated heterocycles. The number of aliphatic hydroxyl groups is 1. The molecule has 0 aliphatic heterocycles. The van der Waals surface area contributed by atoms with Crippen LogP contribution >= 0.6 is 0 Å². The fourth-order valence-corrected chi connectivity index (χ4v) is 1.01. The van der Waals surface area contributed by atoms with Gasteiger partial charge in [0.1, 0.15) is 0 Å². The maximum Gasteiger partial charge on any atom is 0.240 e. The van der Waals surface area contributed by atoms with Gasteiger partial charge in [-0.2, -0.15) is 0 Å². The molecule has 74 valence electrons. The Balaban J connectivity index is 3.83. The van der Waals surface area contributed by atoms with E-state index in [0.717, 1.165) is 0 Å². The summed E-state index contributed by atoms with van der Waals surface area (Å²) < 4.78 is 23.8. The summed E-state index contributed by atoms with van der Waals surface area (Å²) in [5.74, 6) is 0. The Morgan fingerprint density at radius 2 is 1.83 bits per heavy atom. The molecule has 0 bridgehead atoms. The molecule has 0 heterocycles. The van der Waals surface area contributed by atoms with Crippen molar-refractivity contribution in [3.05, 3.63) is 0 Å². The fourth-order valence-electron chi connectivity index (χ4n) is 1.01. The second kappa shape index (κ2) is 4.72. The molecule has 2 nitrogen and oxygen atoms in total. The third kappa shape index (κ3) is 6.49. The zero-order valence-corrected chi connectivity index (χ0v) is 7.77. The molecule has 0 aromatic heterocycles. The highest BCUT2D eigenvalue weighted by atomic mass is 19.3. The number of rotatable bonds is 4. The van der Waals surface area contributed by atoms with E-state index in [1.54, 1.807) is 0 Å². The van der Waals surface area contributed by atoms with E-state index in [-0.39, 0.29) is 18.6 Å². The van der Waals surface area contributed by atoms with Crippen molar-refractivity contribution in [3.8, 4) is 0 Å². The van der Waals surface area contributed by atoms with E-state index in [1.807, 2.05) is 20.8 Å². The first-order valence-corrected chi connectivity index (χ1v) is 4.02. The molecular formula is C8H17F2NO. The number of hydrogen-bond donors (Lipinski definition) is 2. The number of alkyl halides is 2. The Bertz CT molecular complexity index is 123. The zero-order valence-electron chi connectivity index (χ0n) is 7.77. The lowest BCUT2D eigenvalue weighted by molar-refractivity contribution is 0.0967. The van der Waals surface area contributed by atoms with Gasteiger partial charge in [0.2, 0.25) is 6.43 Å². The molecule has 0 saturated carbocycles. The Labute approximate surface area is 72.0 Å². The second-order valence-electron chi connectivity index (χ2n) is 3.90. The van der Waals surface area contributed by atoms with Crippen LogP contribution in [0.15, 0.2) is 0 Å². The highest BCUT2D eigenvalue weighted by Gasteiger charge is 2.19. The summed E-state index contributed by atoms with van der Waals surface area (Å²) >= 11 is 0. The number of halogens is 2. The minimum Gasteiger partial charge on any atom is -0.395 e.